The van der Waals surface area contributed by atoms with Crippen LogP contribution < -0.4 is 5.32 Å². The molecule has 1 saturated carbocycles. The molecule has 2 rings (SSSR count). The van der Waals surface area contributed by atoms with Crippen molar-refractivity contribution < 1.29 is 0 Å². The van der Waals surface area contributed by atoms with Crippen LogP contribution in [0.2, 0.25) is 0 Å². The molecule has 0 aromatic carbocycles. The number of rotatable bonds is 4. The minimum Gasteiger partial charge on any atom is -0.313 e. The summed E-state index contributed by atoms with van der Waals surface area (Å²) in [6.07, 6.45) is 8.47. The second-order valence-electron chi connectivity index (χ2n) is 5.40. The van der Waals surface area contributed by atoms with E-state index in [1.807, 2.05) is 0 Å². The van der Waals surface area contributed by atoms with E-state index in [2.05, 4.69) is 24.2 Å². The lowest BCUT2D eigenvalue weighted by atomic mass is 9.99. The van der Waals surface area contributed by atoms with Crippen molar-refractivity contribution in [3.8, 4) is 0 Å². The van der Waals surface area contributed by atoms with Crippen molar-refractivity contribution in [2.24, 2.45) is 5.92 Å². The fourth-order valence-electron chi connectivity index (χ4n) is 3.47. The molecule has 0 amide bonds. The molecule has 88 valence electrons. The van der Waals surface area contributed by atoms with E-state index in [1.165, 1.54) is 51.6 Å². The van der Waals surface area contributed by atoms with Gasteiger partial charge in [-0.2, -0.15) is 0 Å². The molecule has 2 nitrogen and oxygen atoms in total. The molecule has 2 fully saturated rings. The molecular weight excluding hydrogens is 184 g/mol. The smallest absolute Gasteiger partial charge is 0.0195 e. The third kappa shape index (κ3) is 2.73. The van der Waals surface area contributed by atoms with Crippen LogP contribution in [-0.4, -0.2) is 37.1 Å². The zero-order chi connectivity index (χ0) is 10.7. The van der Waals surface area contributed by atoms with Crippen molar-refractivity contribution in [1.82, 2.24) is 10.2 Å². The van der Waals surface area contributed by atoms with E-state index < -0.39 is 0 Å². The van der Waals surface area contributed by atoms with E-state index in [-0.39, 0.29) is 0 Å². The van der Waals surface area contributed by atoms with Crippen molar-refractivity contribution in [3.05, 3.63) is 0 Å². The molecule has 0 aromatic heterocycles. The maximum absolute atomic E-state index is 3.60. The van der Waals surface area contributed by atoms with Crippen LogP contribution in [0.25, 0.3) is 0 Å². The van der Waals surface area contributed by atoms with Crippen LogP contribution in [0.5, 0.6) is 0 Å². The quantitative estimate of drug-likeness (QED) is 0.765. The Bertz CT molecular complexity index is 187. The van der Waals surface area contributed by atoms with Crippen LogP contribution in [0.4, 0.5) is 0 Å². The van der Waals surface area contributed by atoms with Gasteiger partial charge in [-0.05, 0) is 45.2 Å². The van der Waals surface area contributed by atoms with E-state index in [9.17, 15) is 0 Å². The van der Waals surface area contributed by atoms with E-state index in [1.54, 1.807) is 0 Å². The number of likely N-dealkylation sites (N-methyl/N-ethyl adjacent to an activating group) is 1. The van der Waals surface area contributed by atoms with Gasteiger partial charge in [-0.25, -0.2) is 0 Å². The first kappa shape index (κ1) is 11.4. The Morgan fingerprint density at radius 1 is 1.20 bits per heavy atom. The first-order valence-corrected chi connectivity index (χ1v) is 6.75. The maximum atomic E-state index is 3.60. The molecule has 3 unspecified atom stereocenters. The summed E-state index contributed by atoms with van der Waals surface area (Å²) in [5.41, 5.74) is 0. The Balaban J connectivity index is 1.80. The average Bonchev–Trinajstić information content (AvgIpc) is 2.86. The summed E-state index contributed by atoms with van der Waals surface area (Å²) in [6, 6.07) is 1.64. The van der Waals surface area contributed by atoms with Gasteiger partial charge in [0.2, 0.25) is 0 Å². The summed E-state index contributed by atoms with van der Waals surface area (Å²) >= 11 is 0. The molecule has 0 spiro atoms. The lowest BCUT2D eigenvalue weighted by Crippen LogP contribution is -2.42. The molecule has 2 aliphatic rings. The minimum atomic E-state index is 0.771. The van der Waals surface area contributed by atoms with Gasteiger partial charge in [-0.15, -0.1) is 0 Å². The van der Waals surface area contributed by atoms with Crippen molar-refractivity contribution in [1.29, 1.82) is 0 Å². The van der Waals surface area contributed by atoms with Crippen molar-refractivity contribution in [2.45, 2.75) is 57.5 Å². The monoisotopic (exact) mass is 210 g/mol. The summed E-state index contributed by atoms with van der Waals surface area (Å²) in [6.45, 7) is 4.85. The van der Waals surface area contributed by atoms with Gasteiger partial charge >= 0.3 is 0 Å². The van der Waals surface area contributed by atoms with Crippen LogP contribution >= 0.6 is 0 Å². The highest BCUT2D eigenvalue weighted by Crippen LogP contribution is 2.31. The highest BCUT2D eigenvalue weighted by Gasteiger charge is 2.30. The summed E-state index contributed by atoms with van der Waals surface area (Å²) in [5, 5.41) is 3.60. The molecule has 0 radical (unpaired) electrons. The van der Waals surface area contributed by atoms with E-state index >= 15 is 0 Å². The molecule has 2 heteroatoms. The Kier molecular flexibility index (Phi) is 4.04. The van der Waals surface area contributed by atoms with Crippen LogP contribution in [0.15, 0.2) is 0 Å². The molecule has 1 aliphatic heterocycles. The van der Waals surface area contributed by atoms with Crippen molar-refractivity contribution in [2.75, 3.05) is 20.1 Å². The minimum absolute atomic E-state index is 0.771. The van der Waals surface area contributed by atoms with Gasteiger partial charge in [-0.1, -0.05) is 19.8 Å². The third-order valence-electron chi connectivity index (χ3n) is 4.38. The fourth-order valence-corrected chi connectivity index (χ4v) is 3.47. The van der Waals surface area contributed by atoms with E-state index in [4.69, 9.17) is 0 Å². The van der Waals surface area contributed by atoms with Gasteiger partial charge in [0.25, 0.3) is 0 Å². The number of hydrogen-bond donors (Lipinski definition) is 1. The SMILES string of the molecule is CCC1CCCC1N(C)CC1CCCN1. The van der Waals surface area contributed by atoms with Gasteiger partial charge in [0.1, 0.15) is 0 Å². The summed E-state index contributed by atoms with van der Waals surface area (Å²) in [7, 11) is 2.33. The molecule has 0 aromatic rings. The highest BCUT2D eigenvalue weighted by molar-refractivity contribution is 4.86. The largest absolute Gasteiger partial charge is 0.313 e. The summed E-state index contributed by atoms with van der Waals surface area (Å²) in [5.74, 6) is 0.969. The maximum Gasteiger partial charge on any atom is 0.0195 e. The molecule has 0 bridgehead atoms. The molecule has 1 aliphatic carbocycles. The van der Waals surface area contributed by atoms with Gasteiger partial charge in [0.15, 0.2) is 0 Å². The van der Waals surface area contributed by atoms with Crippen LogP contribution in [-0.2, 0) is 0 Å². The Hall–Kier alpha value is -0.0800. The van der Waals surface area contributed by atoms with Gasteiger partial charge in [0, 0.05) is 18.6 Å². The Labute approximate surface area is 94.4 Å². The number of nitrogens with one attached hydrogen (secondary N) is 1. The van der Waals surface area contributed by atoms with E-state index in [0.717, 1.165) is 18.0 Å². The zero-order valence-electron chi connectivity index (χ0n) is 10.3. The van der Waals surface area contributed by atoms with Crippen molar-refractivity contribution >= 4 is 0 Å². The topological polar surface area (TPSA) is 15.3 Å². The summed E-state index contributed by atoms with van der Waals surface area (Å²) in [4.78, 5) is 2.63. The predicted molar refractivity (Wildman–Crippen MR) is 65.1 cm³/mol. The number of hydrogen-bond acceptors (Lipinski definition) is 2. The van der Waals surface area contributed by atoms with Crippen LogP contribution in [0, 0.1) is 5.92 Å². The standard InChI is InChI=1S/C13H26N2/c1-3-11-6-4-8-13(11)15(2)10-12-7-5-9-14-12/h11-14H,3-10H2,1-2H3. The molecule has 1 heterocycles. The predicted octanol–water partition coefficient (Wildman–Crippen LogP) is 2.25. The first-order valence-electron chi connectivity index (χ1n) is 6.75. The normalized spacial score (nSPS) is 36.6. The second kappa shape index (κ2) is 5.31. The molecular formula is C13H26N2. The van der Waals surface area contributed by atoms with Gasteiger partial charge in [-0.3, -0.25) is 0 Å². The molecule has 15 heavy (non-hydrogen) atoms. The average molecular weight is 210 g/mol. The van der Waals surface area contributed by atoms with Crippen molar-refractivity contribution in [3.63, 3.8) is 0 Å². The second-order valence-corrected chi connectivity index (χ2v) is 5.40. The Morgan fingerprint density at radius 3 is 2.73 bits per heavy atom. The lowest BCUT2D eigenvalue weighted by molar-refractivity contribution is 0.180. The number of nitrogens with zero attached hydrogens (tertiary/aromatic N) is 1. The zero-order valence-corrected chi connectivity index (χ0v) is 10.3. The molecule has 3 atom stereocenters. The lowest BCUT2D eigenvalue weighted by Gasteiger charge is -2.31. The fraction of sp³-hybridized carbons (Fsp3) is 1.00. The molecule has 1 N–H and O–H groups in total. The van der Waals surface area contributed by atoms with Crippen LogP contribution in [0.3, 0.4) is 0 Å². The Morgan fingerprint density at radius 2 is 2.07 bits per heavy atom. The van der Waals surface area contributed by atoms with Gasteiger partial charge < -0.3 is 10.2 Å². The highest BCUT2D eigenvalue weighted by atomic mass is 15.2. The van der Waals surface area contributed by atoms with Gasteiger partial charge in [0.05, 0.1) is 0 Å². The van der Waals surface area contributed by atoms with Crippen LogP contribution in [0.1, 0.15) is 45.4 Å². The molecule has 1 saturated heterocycles. The van der Waals surface area contributed by atoms with E-state index in [0.29, 0.717) is 0 Å². The summed E-state index contributed by atoms with van der Waals surface area (Å²) < 4.78 is 0. The third-order valence-corrected chi connectivity index (χ3v) is 4.38. The first-order chi connectivity index (χ1) is 7.31.